The second kappa shape index (κ2) is 26.6. The number of aryl methyl sites for hydroxylation is 3. The normalized spacial score (nSPS) is 13.8. The Labute approximate surface area is 259 Å². The van der Waals surface area contributed by atoms with Gasteiger partial charge in [0, 0.05) is 30.1 Å². The van der Waals surface area contributed by atoms with Gasteiger partial charge >= 0.3 is 0 Å². The van der Waals surface area contributed by atoms with E-state index in [9.17, 15) is 9.46 Å². The van der Waals surface area contributed by atoms with Crippen molar-refractivity contribution < 1.29 is 27.8 Å². The van der Waals surface area contributed by atoms with Gasteiger partial charge in [-0.2, -0.15) is 0 Å². The molecule has 1 heterocycles. The molecule has 0 aliphatic heterocycles. The van der Waals surface area contributed by atoms with E-state index in [2.05, 4.69) is 50.7 Å². The van der Waals surface area contributed by atoms with Gasteiger partial charge in [0.15, 0.2) is 12.4 Å². The van der Waals surface area contributed by atoms with Crippen molar-refractivity contribution in [2.24, 2.45) is 5.92 Å². The summed E-state index contributed by atoms with van der Waals surface area (Å²) in [4.78, 5) is 12.2. The summed E-state index contributed by atoms with van der Waals surface area (Å²) in [6, 6.07) is 2.18. The summed E-state index contributed by atoms with van der Waals surface area (Å²) >= 11 is 0. The third kappa shape index (κ3) is 23.6. The highest BCUT2D eigenvalue weighted by Crippen LogP contribution is 2.39. The predicted molar refractivity (Wildman–Crippen MR) is 174 cm³/mol. The van der Waals surface area contributed by atoms with Crippen LogP contribution in [0.5, 0.6) is 0 Å². The molecule has 0 aliphatic rings. The third-order valence-corrected chi connectivity index (χ3v) is 8.88. The SMILES string of the molecule is CCCCCCCCCCCCCCCCOCC(CCC)COP(=O)([O-])OCCCCCC[n+]1cc(C)cc(C)c1. The van der Waals surface area contributed by atoms with Gasteiger partial charge in [0.25, 0.3) is 7.82 Å². The Morgan fingerprint density at radius 3 is 1.71 bits per heavy atom. The Hall–Kier alpha value is -0.780. The van der Waals surface area contributed by atoms with Crippen LogP contribution in [-0.4, -0.2) is 26.4 Å². The van der Waals surface area contributed by atoms with Crippen molar-refractivity contribution in [2.45, 2.75) is 163 Å². The maximum Gasteiger partial charge on any atom is 0.267 e. The third-order valence-electron chi connectivity index (χ3n) is 7.92. The quantitative estimate of drug-likeness (QED) is 0.0492. The van der Waals surface area contributed by atoms with E-state index >= 15 is 0 Å². The van der Waals surface area contributed by atoms with E-state index in [1.807, 2.05) is 0 Å². The van der Waals surface area contributed by atoms with E-state index < -0.39 is 7.82 Å². The van der Waals surface area contributed by atoms with Crippen LogP contribution in [0.2, 0.25) is 0 Å². The van der Waals surface area contributed by atoms with Crippen molar-refractivity contribution in [3.8, 4) is 0 Å². The highest BCUT2D eigenvalue weighted by Gasteiger charge is 2.15. The zero-order valence-corrected chi connectivity index (χ0v) is 28.8. The number of nitrogens with zero attached hydrogens (tertiary/aromatic N) is 1. The van der Waals surface area contributed by atoms with Crippen LogP contribution < -0.4 is 9.46 Å². The molecule has 0 aromatic carbocycles. The van der Waals surface area contributed by atoms with Gasteiger partial charge < -0.3 is 18.7 Å². The number of hydrogen-bond donors (Lipinski definition) is 0. The van der Waals surface area contributed by atoms with Crippen molar-refractivity contribution in [3.05, 3.63) is 29.6 Å². The van der Waals surface area contributed by atoms with E-state index in [0.717, 1.165) is 51.7 Å². The van der Waals surface area contributed by atoms with E-state index in [1.54, 1.807) is 0 Å². The van der Waals surface area contributed by atoms with Crippen LogP contribution in [0.15, 0.2) is 18.5 Å². The van der Waals surface area contributed by atoms with Gasteiger partial charge in [-0.3, -0.25) is 4.57 Å². The van der Waals surface area contributed by atoms with Crippen LogP contribution in [-0.2, 0) is 24.9 Å². The summed E-state index contributed by atoms with van der Waals surface area (Å²) in [5, 5.41) is 0. The second-order valence-corrected chi connectivity index (χ2v) is 13.9. The van der Waals surface area contributed by atoms with Gasteiger partial charge in [-0.15, -0.1) is 0 Å². The fourth-order valence-electron chi connectivity index (χ4n) is 5.56. The number of pyridine rings is 1. The number of ether oxygens (including phenoxy) is 1. The zero-order valence-electron chi connectivity index (χ0n) is 27.9. The van der Waals surface area contributed by atoms with Gasteiger partial charge in [0.05, 0.1) is 19.8 Å². The second-order valence-electron chi connectivity index (χ2n) is 12.4. The molecule has 2 atom stereocenters. The minimum absolute atomic E-state index is 0.0790. The van der Waals surface area contributed by atoms with Crippen LogP contribution in [0.3, 0.4) is 0 Å². The summed E-state index contributed by atoms with van der Waals surface area (Å²) in [6.45, 7) is 11.2. The Bertz CT molecular complexity index is 785. The fraction of sp³-hybridized carbons (Fsp3) is 0.857. The summed E-state index contributed by atoms with van der Waals surface area (Å²) in [7, 11) is -4.27. The molecule has 0 fully saturated rings. The lowest BCUT2D eigenvalue weighted by atomic mass is 10.0. The molecule has 1 aromatic heterocycles. The summed E-state index contributed by atoms with van der Waals surface area (Å²) < 4.78 is 30.7. The van der Waals surface area contributed by atoms with E-state index in [0.29, 0.717) is 13.0 Å². The molecule has 6 nitrogen and oxygen atoms in total. The molecule has 0 radical (unpaired) electrons. The molecule has 0 bridgehead atoms. The van der Waals surface area contributed by atoms with Crippen molar-refractivity contribution in [3.63, 3.8) is 0 Å². The van der Waals surface area contributed by atoms with Gasteiger partial charge in [-0.25, -0.2) is 4.57 Å². The first kappa shape index (κ1) is 39.2. The average molecular weight is 612 g/mol. The lowest BCUT2D eigenvalue weighted by molar-refractivity contribution is -0.698. The van der Waals surface area contributed by atoms with Gasteiger partial charge in [-0.1, -0.05) is 110 Å². The minimum Gasteiger partial charge on any atom is -0.756 e. The molecule has 1 rings (SSSR count). The standard InChI is InChI=1S/C35H66NO5P/c1-5-7-8-9-10-11-12-13-14-15-16-17-19-22-26-39-31-35(24-6-2)32-41-42(37,38)40-27-23-20-18-21-25-36-29-33(3)28-34(4)30-36/h28-30,35H,5-27,31-32H2,1-4H3. The minimum atomic E-state index is -4.27. The highest BCUT2D eigenvalue weighted by atomic mass is 31.2. The average Bonchev–Trinajstić information content (AvgIpc) is 2.94. The monoisotopic (exact) mass is 611 g/mol. The fourth-order valence-corrected chi connectivity index (χ4v) is 6.38. The molecular weight excluding hydrogens is 545 g/mol. The number of phosphoric ester groups is 1. The number of phosphoric acid groups is 1. The Balaban J connectivity index is 1.99. The summed E-state index contributed by atoms with van der Waals surface area (Å²) in [6.07, 6.45) is 28.8. The van der Waals surface area contributed by atoms with Crippen molar-refractivity contribution >= 4 is 7.82 Å². The molecule has 0 aliphatic carbocycles. The number of aromatic nitrogens is 1. The maximum atomic E-state index is 12.2. The van der Waals surface area contributed by atoms with E-state index in [4.69, 9.17) is 13.8 Å². The first-order chi connectivity index (χ1) is 20.4. The van der Waals surface area contributed by atoms with E-state index in [1.165, 1.54) is 94.6 Å². The highest BCUT2D eigenvalue weighted by molar-refractivity contribution is 7.45. The molecule has 246 valence electrons. The molecule has 0 N–H and O–H groups in total. The molecule has 1 aromatic rings. The van der Waals surface area contributed by atoms with Crippen LogP contribution in [0, 0.1) is 19.8 Å². The number of unbranched alkanes of at least 4 members (excludes halogenated alkanes) is 16. The zero-order chi connectivity index (χ0) is 30.7. The molecule has 0 spiro atoms. The lowest BCUT2D eigenvalue weighted by Crippen LogP contribution is -2.33. The van der Waals surface area contributed by atoms with Crippen molar-refractivity contribution in [1.29, 1.82) is 0 Å². The van der Waals surface area contributed by atoms with Crippen molar-refractivity contribution in [2.75, 3.05) is 26.4 Å². The molecular formula is C35H66NO5P. The van der Waals surface area contributed by atoms with Gasteiger partial charge in [0.2, 0.25) is 0 Å². The van der Waals surface area contributed by atoms with Gasteiger partial charge in [-0.05, 0) is 45.6 Å². The first-order valence-electron chi connectivity index (χ1n) is 17.5. The number of rotatable bonds is 30. The molecule has 42 heavy (non-hydrogen) atoms. The first-order valence-corrected chi connectivity index (χ1v) is 19.0. The molecule has 0 saturated heterocycles. The largest absolute Gasteiger partial charge is 0.756 e. The Morgan fingerprint density at radius 1 is 0.667 bits per heavy atom. The Morgan fingerprint density at radius 2 is 1.17 bits per heavy atom. The Kier molecular flexibility index (Phi) is 24.9. The summed E-state index contributed by atoms with van der Waals surface area (Å²) in [5.41, 5.74) is 2.54. The molecule has 2 unspecified atom stereocenters. The maximum absolute atomic E-state index is 12.2. The number of hydrogen-bond acceptors (Lipinski definition) is 5. The smallest absolute Gasteiger partial charge is 0.267 e. The molecule has 0 saturated carbocycles. The van der Waals surface area contributed by atoms with Crippen LogP contribution in [0.4, 0.5) is 0 Å². The molecule has 0 amide bonds. The van der Waals surface area contributed by atoms with Crippen LogP contribution in [0.1, 0.15) is 153 Å². The lowest BCUT2D eigenvalue weighted by Gasteiger charge is -2.25. The van der Waals surface area contributed by atoms with Crippen LogP contribution >= 0.6 is 7.82 Å². The van der Waals surface area contributed by atoms with Crippen molar-refractivity contribution in [1.82, 2.24) is 0 Å². The summed E-state index contributed by atoms with van der Waals surface area (Å²) in [5.74, 6) is 0.0790. The van der Waals surface area contributed by atoms with Crippen LogP contribution in [0.25, 0.3) is 0 Å². The predicted octanol–water partition coefficient (Wildman–Crippen LogP) is 9.57. The topological polar surface area (TPSA) is 71.7 Å². The van der Waals surface area contributed by atoms with E-state index in [-0.39, 0.29) is 19.1 Å². The molecule has 7 heteroatoms. The van der Waals surface area contributed by atoms with Gasteiger partial charge in [0.1, 0.15) is 6.54 Å².